The summed E-state index contributed by atoms with van der Waals surface area (Å²) in [7, 11) is 0. The summed E-state index contributed by atoms with van der Waals surface area (Å²) in [5.74, 6) is -0.752. The Kier molecular flexibility index (Phi) is 1.95. The summed E-state index contributed by atoms with van der Waals surface area (Å²) in [5, 5.41) is 3.69. The number of hydrogen-bond donors (Lipinski definition) is 0. The van der Waals surface area contributed by atoms with Crippen LogP contribution in [-0.4, -0.2) is 11.6 Å². The lowest BCUT2D eigenvalue weighted by Crippen LogP contribution is -2.17. The molecule has 0 bridgehead atoms. The minimum absolute atomic E-state index is 0.373. The van der Waals surface area contributed by atoms with Gasteiger partial charge in [-0.25, -0.2) is 0 Å². The van der Waals surface area contributed by atoms with Crippen molar-refractivity contribution in [2.75, 3.05) is 0 Å². The monoisotopic (exact) mass is 298 g/mol. The van der Waals surface area contributed by atoms with Gasteiger partial charge in [-0.2, -0.15) is 0 Å². The molecule has 0 atom stereocenters. The van der Waals surface area contributed by atoms with Crippen molar-refractivity contribution in [3.63, 3.8) is 0 Å². The highest BCUT2D eigenvalue weighted by Gasteiger charge is 2.34. The van der Waals surface area contributed by atoms with E-state index in [1.807, 2.05) is 16.8 Å². The number of carbonyl (C=O) groups excluding carboxylic acids is 2. The molecule has 0 spiro atoms. The van der Waals surface area contributed by atoms with Gasteiger partial charge in [0.25, 0.3) is 0 Å². The first-order valence-electron chi connectivity index (χ1n) is 4.14. The number of Topliss-reactive ketones (excluding diaryl/α,β-unsaturated/α-hetero) is 2. The molecule has 0 unspecified atom stereocenters. The second kappa shape index (κ2) is 3.10. The van der Waals surface area contributed by atoms with Gasteiger partial charge in [0.15, 0.2) is 0 Å². The van der Waals surface area contributed by atoms with Gasteiger partial charge in [0.05, 0.1) is 9.75 Å². The zero-order valence-corrected chi connectivity index (χ0v) is 10.5. The maximum atomic E-state index is 11.7. The topological polar surface area (TPSA) is 34.1 Å². The van der Waals surface area contributed by atoms with Crippen molar-refractivity contribution >= 4 is 50.2 Å². The van der Waals surface area contributed by atoms with Gasteiger partial charge in [0, 0.05) is 21.0 Å². The van der Waals surface area contributed by atoms with E-state index < -0.39 is 0 Å². The fraction of sp³-hybridized carbons (Fsp3) is 0. The van der Waals surface area contributed by atoms with Crippen LogP contribution in [-0.2, 0) is 0 Å². The first-order chi connectivity index (χ1) is 7.20. The summed E-state index contributed by atoms with van der Waals surface area (Å²) in [4.78, 5) is 24.6. The SMILES string of the molecule is O=C1C(=O)c2scc(Br)c2-c2ccsc21. The van der Waals surface area contributed by atoms with E-state index in [0.29, 0.717) is 9.75 Å². The lowest BCUT2D eigenvalue weighted by molar-refractivity contribution is 0.0820. The predicted octanol–water partition coefficient (Wildman–Crippen LogP) is 3.62. The van der Waals surface area contributed by atoms with Crippen molar-refractivity contribution in [2.45, 2.75) is 0 Å². The highest BCUT2D eigenvalue weighted by Crippen LogP contribution is 2.43. The summed E-state index contributed by atoms with van der Waals surface area (Å²) in [6.45, 7) is 0. The third-order valence-electron chi connectivity index (χ3n) is 2.30. The highest BCUT2D eigenvalue weighted by atomic mass is 79.9. The molecule has 0 saturated heterocycles. The average molecular weight is 299 g/mol. The van der Waals surface area contributed by atoms with Crippen LogP contribution in [0.15, 0.2) is 21.3 Å². The van der Waals surface area contributed by atoms with Gasteiger partial charge < -0.3 is 0 Å². The summed E-state index contributed by atoms with van der Waals surface area (Å²) in [5.41, 5.74) is 1.76. The summed E-state index contributed by atoms with van der Waals surface area (Å²) in [6, 6.07) is 1.89. The Balaban J connectivity index is 2.44. The van der Waals surface area contributed by atoms with Crippen LogP contribution in [0.3, 0.4) is 0 Å². The van der Waals surface area contributed by atoms with Gasteiger partial charge in [-0.3, -0.25) is 9.59 Å². The second-order valence-corrected chi connectivity index (χ2v) is 5.76. The quantitative estimate of drug-likeness (QED) is 0.696. The van der Waals surface area contributed by atoms with Crippen LogP contribution in [0.2, 0.25) is 0 Å². The van der Waals surface area contributed by atoms with E-state index in [-0.39, 0.29) is 11.6 Å². The van der Waals surface area contributed by atoms with Crippen LogP contribution in [0.5, 0.6) is 0 Å². The summed E-state index contributed by atoms with van der Waals surface area (Å²) < 4.78 is 0.892. The van der Waals surface area contributed by atoms with Gasteiger partial charge in [-0.1, -0.05) is 0 Å². The molecule has 0 N–H and O–H groups in total. The van der Waals surface area contributed by atoms with Gasteiger partial charge in [0.1, 0.15) is 0 Å². The van der Waals surface area contributed by atoms with E-state index in [2.05, 4.69) is 15.9 Å². The molecular formula is C10H3BrO2S2. The van der Waals surface area contributed by atoms with E-state index in [4.69, 9.17) is 0 Å². The Morgan fingerprint density at radius 1 is 1.07 bits per heavy atom. The molecule has 15 heavy (non-hydrogen) atoms. The third kappa shape index (κ3) is 1.14. The zero-order chi connectivity index (χ0) is 10.6. The fourth-order valence-electron chi connectivity index (χ4n) is 1.64. The summed E-state index contributed by atoms with van der Waals surface area (Å²) >= 11 is 6.05. The zero-order valence-electron chi connectivity index (χ0n) is 7.24. The van der Waals surface area contributed by atoms with Crippen LogP contribution >= 0.6 is 38.6 Å². The van der Waals surface area contributed by atoms with Crippen LogP contribution in [0, 0.1) is 0 Å². The molecule has 74 valence electrons. The number of rotatable bonds is 0. The van der Waals surface area contributed by atoms with Gasteiger partial charge in [-0.05, 0) is 27.4 Å². The first-order valence-corrected chi connectivity index (χ1v) is 6.69. The van der Waals surface area contributed by atoms with E-state index >= 15 is 0 Å². The minimum Gasteiger partial charge on any atom is -0.284 e. The molecule has 1 aliphatic carbocycles. The standard InChI is InChI=1S/C10H3BrO2S2/c11-5-3-15-10-6(5)4-1-2-14-9(4)7(12)8(10)13/h1-3H. The number of ketones is 2. The number of fused-ring (bicyclic) bond motifs is 3. The molecule has 2 aromatic rings. The Hall–Kier alpha value is -0.780. The molecule has 0 aliphatic heterocycles. The molecule has 1 aliphatic rings. The van der Waals surface area contributed by atoms with Crippen molar-refractivity contribution in [3.05, 3.63) is 31.1 Å². The Morgan fingerprint density at radius 2 is 1.80 bits per heavy atom. The summed E-state index contributed by atoms with van der Waals surface area (Å²) in [6.07, 6.45) is 0. The Bertz CT molecular complexity index is 594. The lowest BCUT2D eigenvalue weighted by Gasteiger charge is -2.09. The smallest absolute Gasteiger partial charge is 0.244 e. The Morgan fingerprint density at radius 3 is 2.60 bits per heavy atom. The number of hydrogen-bond acceptors (Lipinski definition) is 4. The van der Waals surface area contributed by atoms with E-state index in [9.17, 15) is 9.59 Å². The van der Waals surface area contributed by atoms with Crippen molar-refractivity contribution in [3.8, 4) is 11.1 Å². The molecule has 2 aromatic heterocycles. The van der Waals surface area contributed by atoms with Gasteiger partial charge in [0.2, 0.25) is 11.6 Å². The Labute approximate surface area is 102 Å². The third-order valence-corrected chi connectivity index (χ3v) is 5.12. The number of thiophene rings is 2. The average Bonchev–Trinajstić information content (AvgIpc) is 2.80. The second-order valence-electron chi connectivity index (χ2n) is 3.11. The van der Waals surface area contributed by atoms with E-state index in [0.717, 1.165) is 15.6 Å². The molecule has 0 radical (unpaired) electrons. The number of halogens is 1. The minimum atomic E-state index is -0.379. The maximum absolute atomic E-state index is 11.7. The van der Waals surface area contributed by atoms with Gasteiger partial charge in [-0.15, -0.1) is 22.7 Å². The largest absolute Gasteiger partial charge is 0.284 e. The van der Waals surface area contributed by atoms with Crippen LogP contribution in [0.25, 0.3) is 11.1 Å². The molecule has 0 amide bonds. The van der Waals surface area contributed by atoms with E-state index in [1.54, 1.807) is 0 Å². The molecule has 0 saturated carbocycles. The normalized spacial score (nSPS) is 13.9. The fourth-order valence-corrected chi connectivity index (χ4v) is 4.18. The molecular weight excluding hydrogens is 296 g/mol. The highest BCUT2D eigenvalue weighted by molar-refractivity contribution is 9.10. The van der Waals surface area contributed by atoms with E-state index in [1.165, 1.54) is 22.7 Å². The molecule has 2 nitrogen and oxygen atoms in total. The molecule has 0 fully saturated rings. The van der Waals surface area contributed by atoms with Crippen LogP contribution in [0.1, 0.15) is 19.3 Å². The van der Waals surface area contributed by atoms with Crippen molar-refractivity contribution in [1.29, 1.82) is 0 Å². The molecule has 3 rings (SSSR count). The molecule has 5 heteroatoms. The maximum Gasteiger partial charge on any atom is 0.244 e. The number of carbonyl (C=O) groups is 2. The van der Waals surface area contributed by atoms with Crippen molar-refractivity contribution < 1.29 is 9.59 Å². The van der Waals surface area contributed by atoms with Crippen LogP contribution in [0.4, 0.5) is 0 Å². The molecule has 0 aromatic carbocycles. The van der Waals surface area contributed by atoms with Crippen molar-refractivity contribution in [2.24, 2.45) is 0 Å². The first kappa shape index (κ1) is 9.45. The van der Waals surface area contributed by atoms with Crippen LogP contribution < -0.4 is 0 Å². The predicted molar refractivity (Wildman–Crippen MR) is 64.0 cm³/mol. The lowest BCUT2D eigenvalue weighted by atomic mass is 9.96. The molecule has 2 heterocycles. The van der Waals surface area contributed by atoms with Crippen molar-refractivity contribution in [1.82, 2.24) is 0 Å². The van der Waals surface area contributed by atoms with Gasteiger partial charge >= 0.3 is 0 Å².